The number of hydrogen-bond donors (Lipinski definition) is 4. The van der Waals surface area contributed by atoms with Crippen molar-refractivity contribution in [1.29, 1.82) is 0 Å². The number of carboxylic acid groups (broad SMARTS) is 1. The Bertz CT molecular complexity index is 1430. The van der Waals surface area contributed by atoms with Crippen molar-refractivity contribution in [3.05, 3.63) is 83.4 Å². The molecule has 0 aliphatic carbocycles. The highest BCUT2D eigenvalue weighted by Gasteiger charge is 2.33. The van der Waals surface area contributed by atoms with Crippen LogP contribution in [0, 0.1) is 5.92 Å². The van der Waals surface area contributed by atoms with Crippen LogP contribution in [0.3, 0.4) is 0 Å². The van der Waals surface area contributed by atoms with Gasteiger partial charge in [0.15, 0.2) is 0 Å². The normalized spacial score (nSPS) is 17.3. The fourth-order valence-corrected chi connectivity index (χ4v) is 4.92. The average molecular weight is 591 g/mol. The van der Waals surface area contributed by atoms with E-state index >= 15 is 0 Å². The molecule has 1 aliphatic rings. The van der Waals surface area contributed by atoms with Gasteiger partial charge in [-0.15, -0.1) is 0 Å². The number of likely N-dealkylation sites (N-methyl/N-ethyl adjacent to an activating group) is 1. The van der Waals surface area contributed by atoms with Crippen molar-refractivity contribution >= 4 is 29.3 Å². The van der Waals surface area contributed by atoms with Crippen LogP contribution < -0.4 is 20.1 Å². The lowest BCUT2D eigenvalue weighted by Crippen LogP contribution is -2.49. The van der Waals surface area contributed by atoms with E-state index < -0.39 is 18.0 Å². The Morgan fingerprint density at radius 1 is 1.07 bits per heavy atom. The highest BCUT2D eigenvalue weighted by molar-refractivity contribution is 6.02. The summed E-state index contributed by atoms with van der Waals surface area (Å²) in [7, 11) is 3.52. The number of carbonyl (C=O) groups is 3. The zero-order chi connectivity index (χ0) is 31.1. The fourth-order valence-electron chi connectivity index (χ4n) is 4.92. The highest BCUT2D eigenvalue weighted by atomic mass is 16.5. The Morgan fingerprint density at radius 2 is 1.72 bits per heavy atom. The third-order valence-corrected chi connectivity index (χ3v) is 7.42. The second kappa shape index (κ2) is 14.0. The Hall–Kier alpha value is -4.61. The van der Waals surface area contributed by atoms with E-state index in [2.05, 4.69) is 15.5 Å². The highest BCUT2D eigenvalue weighted by Crippen LogP contribution is 2.31. The number of anilines is 2. The minimum absolute atomic E-state index is 0.0731. The number of methoxy groups -OCH3 is 1. The first-order valence-corrected chi connectivity index (χ1v) is 14.0. The molecule has 3 aromatic carbocycles. The van der Waals surface area contributed by atoms with Gasteiger partial charge in [-0.05, 0) is 74.1 Å². The van der Waals surface area contributed by atoms with Gasteiger partial charge < -0.3 is 35.2 Å². The van der Waals surface area contributed by atoms with Crippen molar-refractivity contribution in [1.82, 2.24) is 9.80 Å². The number of carboxylic acids is 1. The number of urea groups is 1. The van der Waals surface area contributed by atoms with Gasteiger partial charge in [-0.3, -0.25) is 9.69 Å². The molecule has 0 fully saturated rings. The van der Waals surface area contributed by atoms with E-state index in [-0.39, 0.29) is 35.7 Å². The molecule has 228 valence electrons. The van der Waals surface area contributed by atoms with Crippen molar-refractivity contribution in [3.8, 4) is 11.5 Å². The Labute approximate surface area is 251 Å². The molecule has 1 aliphatic heterocycles. The zero-order valence-corrected chi connectivity index (χ0v) is 24.7. The van der Waals surface area contributed by atoms with Crippen molar-refractivity contribution < 1.29 is 34.1 Å². The lowest BCUT2D eigenvalue weighted by molar-refractivity contribution is 0.0341. The summed E-state index contributed by atoms with van der Waals surface area (Å²) < 4.78 is 11.6. The molecule has 0 radical (unpaired) electrons. The van der Waals surface area contributed by atoms with Gasteiger partial charge >= 0.3 is 12.0 Å². The van der Waals surface area contributed by atoms with Crippen LogP contribution in [0.2, 0.25) is 0 Å². The average Bonchev–Trinajstić information content (AvgIpc) is 2.99. The van der Waals surface area contributed by atoms with Crippen molar-refractivity contribution in [2.75, 3.05) is 44.5 Å². The van der Waals surface area contributed by atoms with Gasteiger partial charge in [0.05, 0.1) is 30.9 Å². The van der Waals surface area contributed by atoms with Crippen molar-refractivity contribution in [3.63, 3.8) is 0 Å². The first-order valence-electron chi connectivity index (χ1n) is 14.0. The second-order valence-electron chi connectivity index (χ2n) is 10.8. The third kappa shape index (κ3) is 8.02. The van der Waals surface area contributed by atoms with Crippen LogP contribution in [-0.4, -0.2) is 83.9 Å². The summed E-state index contributed by atoms with van der Waals surface area (Å²) in [5.41, 5.74) is 2.46. The molecule has 0 saturated carbocycles. The zero-order valence-electron chi connectivity index (χ0n) is 24.7. The summed E-state index contributed by atoms with van der Waals surface area (Å²) in [5, 5.41) is 24.6. The summed E-state index contributed by atoms with van der Waals surface area (Å²) in [6.45, 7) is 5.06. The molecule has 0 unspecified atom stereocenters. The minimum Gasteiger partial charge on any atom is -0.497 e. The van der Waals surface area contributed by atoms with Gasteiger partial charge in [-0.2, -0.15) is 0 Å². The largest absolute Gasteiger partial charge is 0.497 e. The van der Waals surface area contributed by atoms with Crippen LogP contribution in [0.4, 0.5) is 16.2 Å². The number of hydrogen-bond acceptors (Lipinski definition) is 7. The van der Waals surface area contributed by atoms with Crippen LogP contribution in [-0.2, 0) is 6.54 Å². The van der Waals surface area contributed by atoms with Gasteiger partial charge in [-0.25, -0.2) is 9.59 Å². The molecule has 1 heterocycles. The standard InChI is InChI=1S/C32H38N4O7/c1-20-16-36(21(2)19-37)30(38)27-15-25(34-32(41)33-24-9-12-26(42-4)13-10-24)11-14-28(27)43-29(20)18-35(3)17-22-5-7-23(8-6-22)31(39)40/h5-15,20-21,29,37H,16-19H2,1-4H3,(H,39,40)(H2,33,34,41)/t20-,21-,29+/m1/s1. The molecule has 0 spiro atoms. The predicted molar refractivity (Wildman–Crippen MR) is 163 cm³/mol. The Kier molecular flexibility index (Phi) is 10.2. The molecule has 3 atom stereocenters. The van der Waals surface area contributed by atoms with Crippen LogP contribution >= 0.6 is 0 Å². The molecule has 4 rings (SSSR count). The molecule has 43 heavy (non-hydrogen) atoms. The Balaban J connectivity index is 1.53. The van der Waals surface area contributed by atoms with Gasteiger partial charge in [0.2, 0.25) is 0 Å². The number of aromatic carboxylic acids is 1. The van der Waals surface area contributed by atoms with Crippen LogP contribution in [0.15, 0.2) is 66.7 Å². The van der Waals surface area contributed by atoms with Gasteiger partial charge in [0, 0.05) is 36.9 Å². The maximum Gasteiger partial charge on any atom is 0.335 e. The molecule has 3 aromatic rings. The number of benzene rings is 3. The maximum absolute atomic E-state index is 13.7. The van der Waals surface area contributed by atoms with Gasteiger partial charge in [0.1, 0.15) is 17.6 Å². The molecule has 0 aromatic heterocycles. The lowest BCUT2D eigenvalue weighted by atomic mass is 9.99. The monoisotopic (exact) mass is 590 g/mol. The molecule has 4 N–H and O–H groups in total. The number of ether oxygens (including phenoxy) is 2. The van der Waals surface area contributed by atoms with Gasteiger partial charge in [-0.1, -0.05) is 19.1 Å². The van der Waals surface area contributed by atoms with E-state index in [1.165, 1.54) is 0 Å². The SMILES string of the molecule is COc1ccc(NC(=O)Nc2ccc3c(c2)C(=O)N([C@H](C)CO)C[C@@H](C)[C@H](CN(C)Cc2ccc(C(=O)O)cc2)O3)cc1. The molecule has 3 amide bonds. The van der Waals surface area contributed by atoms with E-state index in [9.17, 15) is 19.5 Å². The minimum atomic E-state index is -0.970. The first-order chi connectivity index (χ1) is 20.6. The molecule has 0 bridgehead atoms. The molecular weight excluding hydrogens is 552 g/mol. The summed E-state index contributed by atoms with van der Waals surface area (Å²) in [4.78, 5) is 41.3. The number of carbonyl (C=O) groups excluding carboxylic acids is 2. The number of fused-ring (bicyclic) bond motifs is 1. The van der Waals surface area contributed by atoms with E-state index in [1.54, 1.807) is 85.7 Å². The molecular formula is C32H38N4O7. The Morgan fingerprint density at radius 3 is 2.35 bits per heavy atom. The fraction of sp³-hybridized carbons (Fsp3) is 0.344. The smallest absolute Gasteiger partial charge is 0.335 e. The molecule has 11 nitrogen and oxygen atoms in total. The molecule has 11 heteroatoms. The van der Waals surface area contributed by atoms with Crippen molar-refractivity contribution in [2.24, 2.45) is 5.92 Å². The summed E-state index contributed by atoms with van der Waals surface area (Å²) in [6, 6.07) is 17.7. The van der Waals surface area contributed by atoms with Gasteiger partial charge in [0.25, 0.3) is 5.91 Å². The number of aliphatic hydroxyl groups is 1. The quantitative estimate of drug-likeness (QED) is 0.273. The predicted octanol–water partition coefficient (Wildman–Crippen LogP) is 4.39. The van der Waals surface area contributed by atoms with E-state index in [4.69, 9.17) is 14.6 Å². The first kappa shape index (κ1) is 31.3. The second-order valence-corrected chi connectivity index (χ2v) is 10.8. The number of rotatable bonds is 10. The van der Waals surface area contributed by atoms with Crippen LogP contribution in [0.5, 0.6) is 11.5 Å². The number of amides is 3. The van der Waals surface area contributed by atoms with Crippen molar-refractivity contribution in [2.45, 2.75) is 32.5 Å². The third-order valence-electron chi connectivity index (χ3n) is 7.42. The van der Waals surface area contributed by atoms with Crippen LogP contribution in [0.25, 0.3) is 0 Å². The number of aliphatic hydroxyl groups excluding tert-OH is 1. The summed E-state index contributed by atoms with van der Waals surface area (Å²) >= 11 is 0. The summed E-state index contributed by atoms with van der Waals surface area (Å²) in [5.74, 6) is -0.287. The number of nitrogens with zero attached hydrogens (tertiary/aromatic N) is 2. The maximum atomic E-state index is 13.7. The lowest BCUT2D eigenvalue weighted by Gasteiger charge is -2.38. The molecule has 0 saturated heterocycles. The van der Waals surface area contributed by atoms with E-state index in [0.717, 1.165) is 5.56 Å². The number of nitrogens with one attached hydrogen (secondary N) is 2. The van der Waals surface area contributed by atoms with E-state index in [0.29, 0.717) is 42.5 Å². The summed E-state index contributed by atoms with van der Waals surface area (Å²) in [6.07, 6.45) is -0.305. The van der Waals surface area contributed by atoms with Crippen LogP contribution in [0.1, 0.15) is 40.1 Å². The van der Waals surface area contributed by atoms with E-state index in [1.807, 2.05) is 14.0 Å². The topological polar surface area (TPSA) is 141 Å².